The summed E-state index contributed by atoms with van der Waals surface area (Å²) in [6.45, 7) is 13.9. The molecule has 240 valence electrons. The summed E-state index contributed by atoms with van der Waals surface area (Å²) < 4.78 is 0. The summed E-state index contributed by atoms with van der Waals surface area (Å²) in [7, 11) is 0. The van der Waals surface area contributed by atoms with Crippen molar-refractivity contribution in [2.24, 2.45) is 11.8 Å². The minimum Gasteiger partial charge on any atom is -0.508 e. The maximum atomic E-state index is 13.9. The fraction of sp³-hybridized carbons (Fsp3) is 0.342. The Balaban J connectivity index is 1.39. The number of phenolic OH excluding ortho intramolecular Hbond substituents is 2. The molecule has 1 aromatic heterocycles. The van der Waals surface area contributed by atoms with Crippen molar-refractivity contribution in [3.63, 3.8) is 0 Å². The first-order chi connectivity index (χ1) is 21.8. The summed E-state index contributed by atoms with van der Waals surface area (Å²) in [6.07, 6.45) is 11.6. The van der Waals surface area contributed by atoms with Crippen molar-refractivity contribution in [3.8, 4) is 11.5 Å². The number of aromatic hydroxyl groups is 2. The second-order valence-corrected chi connectivity index (χ2v) is 13.4. The largest absolute Gasteiger partial charge is 0.508 e. The van der Waals surface area contributed by atoms with Crippen LogP contribution in [0.15, 0.2) is 72.5 Å². The molecule has 0 bridgehead atoms. The van der Waals surface area contributed by atoms with E-state index in [1.807, 2.05) is 83.2 Å². The molecule has 1 spiro atoms. The number of carbonyl (C=O) groups is 3. The molecule has 1 aliphatic carbocycles. The standard InChI is InChI=1S/C38H43N3O5/c1-7-37(5,6)34-28(26-10-8-9-11-30(26)39-34)19-31-35(45)41-38(36(46)40-31)20-24(14-13-23(38)4)15-17-27-29(21-42)33(44)25(18-32(27)43)16-12-22(2)3/h7-14,18-19,21,23-24,39,43-44H,1,15-17,20H2,2-6H3,(H,40,46)(H,41,45)/b31-19-/t23-,24-,38-/m1/s1. The maximum Gasteiger partial charge on any atom is 0.268 e. The predicted molar refractivity (Wildman–Crippen MR) is 182 cm³/mol. The Bertz CT molecular complexity index is 1820. The van der Waals surface area contributed by atoms with Crippen LogP contribution in [0.3, 0.4) is 0 Å². The molecule has 1 aliphatic heterocycles. The van der Waals surface area contributed by atoms with Crippen molar-refractivity contribution < 1.29 is 24.6 Å². The second kappa shape index (κ2) is 12.5. The number of aromatic amines is 1. The number of benzene rings is 2. The molecule has 46 heavy (non-hydrogen) atoms. The normalized spacial score (nSPS) is 22.2. The Morgan fingerprint density at radius 2 is 1.87 bits per heavy atom. The number of nitrogens with one attached hydrogen (secondary N) is 3. The Morgan fingerprint density at radius 3 is 2.57 bits per heavy atom. The smallest absolute Gasteiger partial charge is 0.268 e. The highest BCUT2D eigenvalue weighted by molar-refractivity contribution is 6.10. The summed E-state index contributed by atoms with van der Waals surface area (Å²) >= 11 is 0. The van der Waals surface area contributed by atoms with E-state index in [1.54, 1.807) is 6.08 Å². The van der Waals surface area contributed by atoms with Gasteiger partial charge in [0.25, 0.3) is 11.8 Å². The number of carbonyl (C=O) groups excluding carboxylic acids is 3. The van der Waals surface area contributed by atoms with Gasteiger partial charge in [0.05, 0.1) is 5.56 Å². The van der Waals surface area contributed by atoms with Crippen molar-refractivity contribution in [1.29, 1.82) is 0 Å². The van der Waals surface area contributed by atoms with Gasteiger partial charge in [0.1, 0.15) is 22.7 Å². The zero-order valence-electron chi connectivity index (χ0n) is 27.2. The average molecular weight is 622 g/mol. The van der Waals surface area contributed by atoms with Crippen LogP contribution in [0.1, 0.15) is 80.2 Å². The minimum atomic E-state index is -1.16. The Labute approximate surface area is 270 Å². The Hall–Kier alpha value is -4.85. The van der Waals surface area contributed by atoms with E-state index in [4.69, 9.17) is 0 Å². The van der Waals surface area contributed by atoms with Gasteiger partial charge in [-0.15, -0.1) is 6.58 Å². The summed E-state index contributed by atoms with van der Waals surface area (Å²) in [5.41, 5.74) is 3.21. The predicted octanol–water partition coefficient (Wildman–Crippen LogP) is 6.53. The van der Waals surface area contributed by atoms with E-state index >= 15 is 0 Å². The quantitative estimate of drug-likeness (QED) is 0.0802. The number of phenols is 2. The third kappa shape index (κ3) is 5.91. The number of hydrogen-bond acceptors (Lipinski definition) is 5. The van der Waals surface area contributed by atoms with Gasteiger partial charge in [0.2, 0.25) is 0 Å². The van der Waals surface area contributed by atoms with Crippen LogP contribution in [0.2, 0.25) is 0 Å². The van der Waals surface area contributed by atoms with Crippen LogP contribution in [0, 0.1) is 11.8 Å². The summed E-state index contributed by atoms with van der Waals surface area (Å²) in [4.78, 5) is 43.0. The number of para-hydroxylation sites is 1. The van der Waals surface area contributed by atoms with Crippen molar-refractivity contribution in [2.45, 2.75) is 71.3 Å². The van der Waals surface area contributed by atoms with Gasteiger partial charge in [-0.1, -0.05) is 68.8 Å². The van der Waals surface area contributed by atoms with Gasteiger partial charge >= 0.3 is 0 Å². The molecule has 5 N–H and O–H groups in total. The molecule has 8 heteroatoms. The first-order valence-electron chi connectivity index (χ1n) is 15.7. The Morgan fingerprint density at radius 1 is 1.13 bits per heavy atom. The van der Waals surface area contributed by atoms with Crippen LogP contribution in [0.4, 0.5) is 0 Å². The van der Waals surface area contributed by atoms with E-state index in [9.17, 15) is 24.6 Å². The van der Waals surface area contributed by atoms with E-state index in [2.05, 4.69) is 22.2 Å². The first-order valence-corrected chi connectivity index (χ1v) is 15.7. The highest BCUT2D eigenvalue weighted by Crippen LogP contribution is 2.40. The second-order valence-electron chi connectivity index (χ2n) is 13.4. The topological polar surface area (TPSA) is 132 Å². The lowest BCUT2D eigenvalue weighted by Gasteiger charge is -2.44. The van der Waals surface area contributed by atoms with Crippen LogP contribution in [0.5, 0.6) is 11.5 Å². The number of hydrogen-bond donors (Lipinski definition) is 5. The zero-order chi connectivity index (χ0) is 33.4. The number of H-pyrrole nitrogens is 1. The number of allylic oxidation sites excluding steroid dienone is 4. The van der Waals surface area contributed by atoms with E-state index in [0.29, 0.717) is 43.1 Å². The maximum absolute atomic E-state index is 13.9. The fourth-order valence-corrected chi connectivity index (χ4v) is 6.57. The van der Waals surface area contributed by atoms with E-state index in [0.717, 1.165) is 27.7 Å². The molecule has 2 aliphatic rings. The molecular formula is C38H43N3O5. The van der Waals surface area contributed by atoms with Crippen molar-refractivity contribution in [2.75, 3.05) is 0 Å². The lowest BCUT2D eigenvalue weighted by Crippen LogP contribution is -2.68. The molecule has 1 saturated heterocycles. The SMILES string of the molecule is C=CC(C)(C)c1[nH]c2ccccc2c1/C=C1\NC(=O)[C@]2(C[C@@H](CCc3c(O)cc(CC=C(C)C)c(O)c3C=O)C=C[C@H]2C)NC1=O. The van der Waals surface area contributed by atoms with Gasteiger partial charge in [0, 0.05) is 44.6 Å². The highest BCUT2D eigenvalue weighted by atomic mass is 16.3. The van der Waals surface area contributed by atoms with E-state index < -0.39 is 11.0 Å². The van der Waals surface area contributed by atoms with E-state index in [-0.39, 0.29) is 46.4 Å². The van der Waals surface area contributed by atoms with Gasteiger partial charge in [-0.2, -0.15) is 0 Å². The highest BCUT2D eigenvalue weighted by Gasteiger charge is 2.50. The number of aromatic nitrogens is 1. The van der Waals surface area contributed by atoms with Crippen LogP contribution in [-0.4, -0.2) is 38.8 Å². The molecule has 0 unspecified atom stereocenters. The van der Waals surface area contributed by atoms with Crippen molar-refractivity contribution in [1.82, 2.24) is 15.6 Å². The first kappa shape index (κ1) is 32.5. The van der Waals surface area contributed by atoms with Crippen molar-refractivity contribution >= 4 is 35.1 Å². The molecule has 3 aromatic rings. The lowest BCUT2D eigenvalue weighted by atomic mass is 9.70. The molecule has 2 aromatic carbocycles. The molecule has 3 atom stereocenters. The van der Waals surface area contributed by atoms with Gasteiger partial charge < -0.3 is 25.8 Å². The van der Waals surface area contributed by atoms with Gasteiger partial charge in [-0.05, 0) is 63.7 Å². The molecular weight excluding hydrogens is 578 g/mol. The van der Waals surface area contributed by atoms with Gasteiger partial charge in [-0.25, -0.2) is 0 Å². The lowest BCUT2D eigenvalue weighted by molar-refractivity contribution is -0.138. The molecule has 5 rings (SSSR count). The Kier molecular flexibility index (Phi) is 8.85. The molecule has 8 nitrogen and oxygen atoms in total. The number of fused-ring (bicyclic) bond motifs is 1. The number of piperazine rings is 1. The average Bonchev–Trinajstić information content (AvgIpc) is 3.40. The van der Waals surface area contributed by atoms with Crippen LogP contribution in [0.25, 0.3) is 17.0 Å². The number of aldehydes is 1. The summed E-state index contributed by atoms with van der Waals surface area (Å²) in [5, 5.41) is 28.5. The van der Waals surface area contributed by atoms with Crippen LogP contribution in [-0.2, 0) is 27.8 Å². The van der Waals surface area contributed by atoms with Crippen LogP contribution < -0.4 is 10.6 Å². The number of amides is 2. The molecule has 0 radical (unpaired) electrons. The third-order valence-electron chi connectivity index (χ3n) is 9.58. The fourth-order valence-electron chi connectivity index (χ4n) is 6.57. The molecule has 1 fully saturated rings. The van der Waals surface area contributed by atoms with Gasteiger partial charge in [-0.3, -0.25) is 14.4 Å². The summed E-state index contributed by atoms with van der Waals surface area (Å²) in [5.74, 6) is -1.23. The minimum absolute atomic E-state index is 0.0466. The summed E-state index contributed by atoms with van der Waals surface area (Å²) in [6, 6.07) is 9.34. The molecule has 2 amide bonds. The zero-order valence-corrected chi connectivity index (χ0v) is 27.2. The van der Waals surface area contributed by atoms with E-state index in [1.165, 1.54) is 6.07 Å². The monoisotopic (exact) mass is 621 g/mol. The number of rotatable bonds is 9. The van der Waals surface area contributed by atoms with Crippen molar-refractivity contribution in [3.05, 3.63) is 100 Å². The molecule has 0 saturated carbocycles. The molecule has 2 heterocycles. The van der Waals surface area contributed by atoms with Gasteiger partial charge in [0.15, 0.2) is 6.29 Å². The third-order valence-corrected chi connectivity index (χ3v) is 9.58. The van der Waals surface area contributed by atoms with Crippen LogP contribution >= 0.6 is 0 Å².